The Morgan fingerprint density at radius 1 is 0.927 bits per heavy atom. The topological polar surface area (TPSA) is 64.6 Å². The fourth-order valence-corrected chi connectivity index (χ4v) is 5.64. The molecule has 0 saturated heterocycles. The molecular formula is C31H25F4NO4S. The van der Waals surface area contributed by atoms with Crippen molar-refractivity contribution in [3.8, 4) is 21.6 Å². The molecule has 5 rings (SSSR count). The van der Waals surface area contributed by atoms with Gasteiger partial charge in [-0.3, -0.25) is 10.1 Å². The number of ether oxygens (including phenoxy) is 2. The van der Waals surface area contributed by atoms with Crippen molar-refractivity contribution in [3.05, 3.63) is 100 Å². The zero-order chi connectivity index (χ0) is 29.3. The molecule has 1 amide bonds. The summed E-state index contributed by atoms with van der Waals surface area (Å²) in [6.45, 7) is 3.28. The Hall–Kier alpha value is -4.18. The first-order valence-electron chi connectivity index (χ1n) is 12.9. The first-order valence-corrected chi connectivity index (χ1v) is 13.7. The molecule has 5 nitrogen and oxygen atoms in total. The van der Waals surface area contributed by atoms with E-state index in [1.165, 1.54) is 6.92 Å². The summed E-state index contributed by atoms with van der Waals surface area (Å²) in [5.74, 6) is -4.06. The van der Waals surface area contributed by atoms with Crippen molar-refractivity contribution in [2.45, 2.75) is 38.2 Å². The van der Waals surface area contributed by atoms with Crippen LogP contribution in [0, 0.1) is 22.6 Å². The quantitative estimate of drug-likeness (QED) is 0.128. The van der Waals surface area contributed by atoms with Crippen LogP contribution in [0.1, 0.15) is 43.9 Å². The SMILES string of the molecule is CCOC(=O)C1(c2ccc(-c3ccccc3)c(-c3sc(F)cc3NC(=O)OC(C)c3cc(F)c(F)cc3F)c2)CC1. The highest BCUT2D eigenvalue weighted by Gasteiger charge is 2.53. The van der Waals surface area contributed by atoms with Crippen LogP contribution in [0.3, 0.4) is 0 Å². The number of thiophene rings is 1. The molecule has 1 aliphatic rings. The minimum absolute atomic E-state index is 0.0887. The van der Waals surface area contributed by atoms with Crippen LogP contribution in [-0.2, 0) is 19.7 Å². The molecule has 212 valence electrons. The molecule has 1 atom stereocenters. The summed E-state index contributed by atoms with van der Waals surface area (Å²) in [7, 11) is 0. The summed E-state index contributed by atoms with van der Waals surface area (Å²) >= 11 is 0.794. The van der Waals surface area contributed by atoms with E-state index in [4.69, 9.17) is 9.47 Å². The van der Waals surface area contributed by atoms with Gasteiger partial charge in [-0.15, -0.1) is 11.3 Å². The largest absolute Gasteiger partial charge is 0.465 e. The molecule has 0 radical (unpaired) electrons. The summed E-state index contributed by atoms with van der Waals surface area (Å²) in [6, 6.07) is 17.0. The minimum atomic E-state index is -1.37. The third-order valence-corrected chi connectivity index (χ3v) is 7.97. The summed E-state index contributed by atoms with van der Waals surface area (Å²) in [5, 5.41) is 1.91. The van der Waals surface area contributed by atoms with Crippen LogP contribution in [0.15, 0.2) is 66.7 Å². The molecule has 0 aliphatic heterocycles. The number of carbonyl (C=O) groups is 2. The van der Waals surface area contributed by atoms with Crippen LogP contribution < -0.4 is 5.32 Å². The standard InChI is InChI=1S/C31H25F4NO4S/c1-3-39-29(37)31(11-12-31)19-9-10-20(18-7-5-4-6-8-18)22(13-19)28-26(16-27(35)41-28)36-30(38)40-17(2)21-14-24(33)25(34)15-23(21)32/h4-10,13-17H,3,11-12H2,1-2H3,(H,36,38). The van der Waals surface area contributed by atoms with Gasteiger partial charge in [0.2, 0.25) is 0 Å². The van der Waals surface area contributed by atoms with Gasteiger partial charge in [-0.25, -0.2) is 18.0 Å². The van der Waals surface area contributed by atoms with Gasteiger partial charge >= 0.3 is 12.1 Å². The molecule has 10 heteroatoms. The van der Waals surface area contributed by atoms with Crippen molar-refractivity contribution >= 4 is 29.1 Å². The molecule has 1 aromatic heterocycles. The average molecular weight is 584 g/mol. The number of benzene rings is 3. The van der Waals surface area contributed by atoms with Crippen molar-refractivity contribution in [3.63, 3.8) is 0 Å². The van der Waals surface area contributed by atoms with Crippen LogP contribution in [-0.4, -0.2) is 18.7 Å². The molecule has 1 fully saturated rings. The molecule has 1 aliphatic carbocycles. The van der Waals surface area contributed by atoms with E-state index >= 15 is 0 Å². The van der Waals surface area contributed by atoms with E-state index in [-0.39, 0.29) is 23.8 Å². The van der Waals surface area contributed by atoms with Crippen LogP contribution in [0.25, 0.3) is 21.6 Å². The van der Waals surface area contributed by atoms with Gasteiger partial charge in [-0.1, -0.05) is 42.5 Å². The lowest BCUT2D eigenvalue weighted by Gasteiger charge is -2.19. The van der Waals surface area contributed by atoms with Crippen LogP contribution in [0.5, 0.6) is 0 Å². The number of hydrogen-bond donors (Lipinski definition) is 1. The monoisotopic (exact) mass is 583 g/mol. The number of carbonyl (C=O) groups excluding carboxylic acids is 2. The van der Waals surface area contributed by atoms with E-state index in [9.17, 15) is 27.2 Å². The Labute approximate surface area is 237 Å². The molecule has 1 unspecified atom stereocenters. The van der Waals surface area contributed by atoms with E-state index < -0.39 is 40.2 Å². The van der Waals surface area contributed by atoms with E-state index in [0.29, 0.717) is 35.4 Å². The predicted molar refractivity (Wildman–Crippen MR) is 148 cm³/mol. The van der Waals surface area contributed by atoms with Gasteiger partial charge in [0.15, 0.2) is 16.8 Å². The third kappa shape index (κ3) is 5.69. The first kappa shape index (κ1) is 28.4. The number of halogens is 4. The number of hydrogen-bond acceptors (Lipinski definition) is 5. The van der Waals surface area contributed by atoms with E-state index in [0.717, 1.165) is 34.1 Å². The van der Waals surface area contributed by atoms with Crippen LogP contribution in [0.4, 0.5) is 28.0 Å². The zero-order valence-corrected chi connectivity index (χ0v) is 22.9. The van der Waals surface area contributed by atoms with Gasteiger partial charge in [-0.2, -0.15) is 4.39 Å². The summed E-state index contributed by atoms with van der Waals surface area (Å²) < 4.78 is 66.5. The Kier molecular flexibility index (Phi) is 7.86. The Morgan fingerprint density at radius 3 is 2.32 bits per heavy atom. The number of amides is 1. The Balaban J connectivity index is 1.50. The maximum Gasteiger partial charge on any atom is 0.412 e. The lowest BCUT2D eigenvalue weighted by Crippen LogP contribution is -2.23. The average Bonchev–Trinajstić information content (AvgIpc) is 3.68. The molecule has 0 bridgehead atoms. The summed E-state index contributed by atoms with van der Waals surface area (Å²) in [6.07, 6.45) is -1.10. The van der Waals surface area contributed by atoms with Crippen molar-refractivity contribution in [2.24, 2.45) is 0 Å². The molecule has 0 spiro atoms. The normalized spacial score (nSPS) is 14.3. The number of anilines is 1. The Bertz CT molecular complexity index is 1620. The summed E-state index contributed by atoms with van der Waals surface area (Å²) in [5.41, 5.74) is 1.81. The fourth-order valence-electron chi connectivity index (χ4n) is 4.77. The predicted octanol–water partition coefficient (Wildman–Crippen LogP) is 8.54. The van der Waals surface area contributed by atoms with Crippen molar-refractivity contribution in [1.29, 1.82) is 0 Å². The first-order chi connectivity index (χ1) is 19.6. The molecular weight excluding hydrogens is 558 g/mol. The summed E-state index contributed by atoms with van der Waals surface area (Å²) in [4.78, 5) is 26.0. The van der Waals surface area contributed by atoms with Crippen molar-refractivity contribution in [1.82, 2.24) is 0 Å². The molecule has 4 aromatic rings. The highest BCUT2D eigenvalue weighted by atomic mass is 32.1. The van der Waals surface area contributed by atoms with Gasteiger partial charge < -0.3 is 9.47 Å². The maximum atomic E-state index is 14.7. The van der Waals surface area contributed by atoms with Gasteiger partial charge in [-0.05, 0) is 55.5 Å². The van der Waals surface area contributed by atoms with Crippen molar-refractivity contribution in [2.75, 3.05) is 11.9 Å². The van der Waals surface area contributed by atoms with Crippen molar-refractivity contribution < 1.29 is 36.6 Å². The highest BCUT2D eigenvalue weighted by molar-refractivity contribution is 7.14. The lowest BCUT2D eigenvalue weighted by molar-refractivity contribution is -0.146. The Morgan fingerprint density at radius 2 is 1.63 bits per heavy atom. The highest BCUT2D eigenvalue weighted by Crippen LogP contribution is 2.52. The second-order valence-corrected chi connectivity index (χ2v) is 10.7. The zero-order valence-electron chi connectivity index (χ0n) is 22.1. The van der Waals surface area contributed by atoms with E-state index in [1.807, 2.05) is 48.5 Å². The number of esters is 1. The van der Waals surface area contributed by atoms with Gasteiger partial charge in [0.05, 0.1) is 22.6 Å². The molecule has 1 N–H and O–H groups in total. The van der Waals surface area contributed by atoms with Gasteiger partial charge in [0.25, 0.3) is 0 Å². The third-order valence-electron chi connectivity index (χ3n) is 7.02. The van der Waals surface area contributed by atoms with E-state index in [2.05, 4.69) is 5.32 Å². The molecule has 1 heterocycles. The van der Waals surface area contributed by atoms with Gasteiger partial charge in [0.1, 0.15) is 11.9 Å². The van der Waals surface area contributed by atoms with Crippen LogP contribution >= 0.6 is 11.3 Å². The molecule has 41 heavy (non-hydrogen) atoms. The van der Waals surface area contributed by atoms with E-state index in [1.54, 1.807) is 6.92 Å². The number of rotatable bonds is 8. The minimum Gasteiger partial charge on any atom is -0.465 e. The maximum absolute atomic E-state index is 14.7. The second kappa shape index (κ2) is 11.4. The second-order valence-electron chi connectivity index (χ2n) is 9.68. The lowest BCUT2D eigenvalue weighted by atomic mass is 9.89. The van der Waals surface area contributed by atoms with Gasteiger partial charge in [0, 0.05) is 23.3 Å². The molecule has 1 saturated carbocycles. The van der Waals surface area contributed by atoms with Crippen LogP contribution in [0.2, 0.25) is 0 Å². The number of nitrogens with one attached hydrogen (secondary N) is 1. The molecule has 3 aromatic carbocycles. The smallest absolute Gasteiger partial charge is 0.412 e. The fraction of sp³-hybridized carbons (Fsp3) is 0.226.